The minimum absolute atomic E-state index is 0.428. The molecule has 1 atom stereocenters. The van der Waals surface area contributed by atoms with E-state index in [1.54, 1.807) is 30.1 Å². The van der Waals surface area contributed by atoms with E-state index >= 15 is 0 Å². The van der Waals surface area contributed by atoms with Crippen LogP contribution in [-0.2, 0) is 17.3 Å². The van der Waals surface area contributed by atoms with E-state index in [1.165, 1.54) is 6.33 Å². The Labute approximate surface area is 112 Å². The molecular weight excluding hydrogens is 274 g/mol. The van der Waals surface area contributed by atoms with Gasteiger partial charge < -0.3 is 9.30 Å². The monoisotopic (exact) mass is 285 g/mol. The van der Waals surface area contributed by atoms with Crippen LogP contribution in [0.5, 0.6) is 5.75 Å². The number of hydrogen-bond donors (Lipinski definition) is 0. The number of benzene rings is 1. The van der Waals surface area contributed by atoms with Gasteiger partial charge >= 0.3 is 0 Å². The molecule has 0 fully saturated rings. The summed E-state index contributed by atoms with van der Waals surface area (Å²) >= 11 is 5.96. The maximum atomic E-state index is 11.5. The summed E-state index contributed by atoms with van der Waals surface area (Å²) < 4.78 is 18.4. The summed E-state index contributed by atoms with van der Waals surface area (Å²) in [4.78, 5) is 0. The van der Waals surface area contributed by atoms with E-state index in [1.807, 2.05) is 6.07 Å². The van der Waals surface area contributed by atoms with Crippen molar-refractivity contribution in [3.8, 4) is 5.75 Å². The van der Waals surface area contributed by atoms with Crippen molar-refractivity contribution in [2.45, 2.75) is 11.7 Å². The second-order valence-corrected chi connectivity index (χ2v) is 5.36. The predicted molar refractivity (Wildman–Crippen MR) is 69.5 cm³/mol. The average molecular weight is 286 g/mol. The third-order valence-corrected chi connectivity index (χ3v) is 3.49. The van der Waals surface area contributed by atoms with Gasteiger partial charge in [-0.1, -0.05) is 11.6 Å². The molecule has 0 radical (unpaired) electrons. The summed E-state index contributed by atoms with van der Waals surface area (Å²) in [5, 5.41) is 8.64. The fourth-order valence-corrected chi connectivity index (χ4v) is 2.43. The zero-order valence-electron chi connectivity index (χ0n) is 9.96. The van der Waals surface area contributed by atoms with Crippen molar-refractivity contribution < 1.29 is 8.95 Å². The van der Waals surface area contributed by atoms with Crippen molar-refractivity contribution in [3.63, 3.8) is 0 Å². The summed E-state index contributed by atoms with van der Waals surface area (Å²) in [6, 6.07) is 5.36. The number of methoxy groups -OCH3 is 1. The van der Waals surface area contributed by atoms with Gasteiger partial charge in [-0.2, -0.15) is 0 Å². The highest BCUT2D eigenvalue weighted by Crippen LogP contribution is 2.23. The molecule has 0 amide bonds. The summed E-state index contributed by atoms with van der Waals surface area (Å²) in [7, 11) is 0.414. The molecule has 0 N–H and O–H groups in total. The Bertz CT molecular complexity index is 585. The minimum Gasteiger partial charge on any atom is -0.496 e. The van der Waals surface area contributed by atoms with Gasteiger partial charge in [-0.15, -0.1) is 10.2 Å². The van der Waals surface area contributed by atoms with Crippen LogP contribution in [0, 0.1) is 0 Å². The number of hydrogen-bond acceptors (Lipinski definition) is 4. The van der Waals surface area contributed by atoms with Gasteiger partial charge in [0.25, 0.3) is 0 Å². The molecule has 0 spiro atoms. The standard InChI is InChI=1S/C11H12ClN3O2S/c1-17-10-4-3-9(12)5-8(10)6-15-7-13-14-11(15)18(2)16/h3-5,7H,6H2,1-2H3/t18-/m1/s1. The molecule has 0 unspecified atom stereocenters. The first-order chi connectivity index (χ1) is 8.61. The van der Waals surface area contributed by atoms with Crippen LogP contribution in [0.4, 0.5) is 0 Å². The molecule has 5 nitrogen and oxygen atoms in total. The van der Waals surface area contributed by atoms with Crippen LogP contribution in [0.15, 0.2) is 29.7 Å². The highest BCUT2D eigenvalue weighted by Gasteiger charge is 2.11. The Balaban J connectivity index is 2.36. The van der Waals surface area contributed by atoms with Gasteiger partial charge in [-0.3, -0.25) is 4.21 Å². The minimum atomic E-state index is -1.18. The number of nitrogens with zero attached hydrogens (tertiary/aromatic N) is 3. The molecule has 0 aliphatic heterocycles. The molecule has 2 aromatic rings. The van der Waals surface area contributed by atoms with E-state index in [9.17, 15) is 4.21 Å². The summed E-state index contributed by atoms with van der Waals surface area (Å²) in [6.07, 6.45) is 3.10. The van der Waals surface area contributed by atoms with Gasteiger partial charge in [-0.25, -0.2) is 0 Å². The second-order valence-electron chi connectivity index (χ2n) is 3.65. The van der Waals surface area contributed by atoms with Crippen molar-refractivity contribution >= 4 is 22.4 Å². The third kappa shape index (κ3) is 2.70. The van der Waals surface area contributed by atoms with Crippen LogP contribution >= 0.6 is 11.6 Å². The van der Waals surface area contributed by atoms with Gasteiger partial charge in [0.2, 0.25) is 5.16 Å². The lowest BCUT2D eigenvalue weighted by Gasteiger charge is -2.10. The van der Waals surface area contributed by atoms with Gasteiger partial charge in [0.1, 0.15) is 12.1 Å². The van der Waals surface area contributed by atoms with Gasteiger partial charge in [0, 0.05) is 16.8 Å². The van der Waals surface area contributed by atoms with Crippen LogP contribution in [0.1, 0.15) is 5.56 Å². The van der Waals surface area contributed by atoms with Crippen LogP contribution in [-0.4, -0.2) is 32.3 Å². The Morgan fingerprint density at radius 3 is 2.94 bits per heavy atom. The smallest absolute Gasteiger partial charge is 0.221 e. The van der Waals surface area contributed by atoms with E-state index in [4.69, 9.17) is 16.3 Å². The molecule has 1 aromatic heterocycles. The van der Waals surface area contributed by atoms with Crippen molar-refractivity contribution in [1.82, 2.24) is 14.8 Å². The fraction of sp³-hybridized carbons (Fsp3) is 0.273. The van der Waals surface area contributed by atoms with E-state index in [0.717, 1.165) is 11.3 Å². The van der Waals surface area contributed by atoms with E-state index < -0.39 is 10.8 Å². The Morgan fingerprint density at radius 2 is 2.28 bits per heavy atom. The molecule has 1 aromatic carbocycles. The average Bonchev–Trinajstić information content (AvgIpc) is 2.77. The van der Waals surface area contributed by atoms with E-state index in [-0.39, 0.29) is 0 Å². The molecule has 0 bridgehead atoms. The van der Waals surface area contributed by atoms with E-state index in [2.05, 4.69) is 10.2 Å². The maximum Gasteiger partial charge on any atom is 0.221 e. The number of halogens is 1. The molecular formula is C11H12ClN3O2S. The van der Waals surface area contributed by atoms with Crippen LogP contribution in [0.2, 0.25) is 5.02 Å². The number of aromatic nitrogens is 3. The largest absolute Gasteiger partial charge is 0.496 e. The van der Waals surface area contributed by atoms with Gasteiger partial charge in [-0.05, 0) is 18.2 Å². The third-order valence-electron chi connectivity index (χ3n) is 2.42. The van der Waals surface area contributed by atoms with Crippen molar-refractivity contribution in [1.29, 1.82) is 0 Å². The van der Waals surface area contributed by atoms with E-state index in [0.29, 0.717) is 16.7 Å². The number of ether oxygens (including phenoxy) is 1. The SMILES string of the molecule is COc1ccc(Cl)cc1Cn1cnnc1[S@@](C)=O. The molecule has 0 saturated heterocycles. The Kier molecular flexibility index (Phi) is 3.98. The summed E-state index contributed by atoms with van der Waals surface area (Å²) in [5.41, 5.74) is 0.886. The lowest BCUT2D eigenvalue weighted by molar-refractivity contribution is 0.407. The fourth-order valence-electron chi connectivity index (χ4n) is 1.63. The molecule has 0 aliphatic rings. The van der Waals surface area contributed by atoms with Crippen molar-refractivity contribution in [2.24, 2.45) is 0 Å². The summed E-state index contributed by atoms with van der Waals surface area (Å²) in [6.45, 7) is 0.464. The Morgan fingerprint density at radius 1 is 1.50 bits per heavy atom. The molecule has 2 rings (SSSR count). The predicted octanol–water partition coefficient (Wildman–Crippen LogP) is 1.73. The molecule has 7 heteroatoms. The summed E-state index contributed by atoms with van der Waals surface area (Å²) in [5.74, 6) is 0.723. The lowest BCUT2D eigenvalue weighted by atomic mass is 10.2. The molecule has 18 heavy (non-hydrogen) atoms. The van der Waals surface area contributed by atoms with Gasteiger partial charge in [0.05, 0.1) is 24.5 Å². The second kappa shape index (κ2) is 5.49. The van der Waals surface area contributed by atoms with Crippen molar-refractivity contribution in [3.05, 3.63) is 35.1 Å². The molecule has 0 aliphatic carbocycles. The van der Waals surface area contributed by atoms with Crippen LogP contribution < -0.4 is 4.74 Å². The Hall–Kier alpha value is -1.40. The quantitative estimate of drug-likeness (QED) is 0.858. The molecule has 96 valence electrons. The molecule has 0 saturated carbocycles. The zero-order valence-corrected chi connectivity index (χ0v) is 11.5. The number of rotatable bonds is 4. The first kappa shape index (κ1) is 13.0. The first-order valence-corrected chi connectivity index (χ1v) is 7.09. The van der Waals surface area contributed by atoms with Crippen LogP contribution in [0.3, 0.4) is 0 Å². The lowest BCUT2D eigenvalue weighted by Crippen LogP contribution is -2.06. The topological polar surface area (TPSA) is 57.0 Å². The maximum absolute atomic E-state index is 11.5. The highest BCUT2D eigenvalue weighted by molar-refractivity contribution is 7.84. The first-order valence-electron chi connectivity index (χ1n) is 5.15. The molecule has 1 heterocycles. The van der Waals surface area contributed by atoms with Crippen molar-refractivity contribution in [2.75, 3.05) is 13.4 Å². The van der Waals surface area contributed by atoms with Crippen LogP contribution in [0.25, 0.3) is 0 Å². The van der Waals surface area contributed by atoms with Gasteiger partial charge in [0.15, 0.2) is 0 Å². The zero-order chi connectivity index (χ0) is 13.1. The normalized spacial score (nSPS) is 12.4. The highest BCUT2D eigenvalue weighted by atomic mass is 35.5.